The van der Waals surface area contributed by atoms with Crippen LogP contribution in [0.2, 0.25) is 0 Å². The Morgan fingerprint density at radius 2 is 2.00 bits per heavy atom. The number of hydrogen-bond acceptors (Lipinski definition) is 2. The number of fused-ring (bicyclic) bond motifs is 1. The summed E-state index contributed by atoms with van der Waals surface area (Å²) in [4.78, 5) is 4.32. The molecule has 0 amide bonds. The fourth-order valence-electron chi connectivity index (χ4n) is 2.58. The molecule has 0 radical (unpaired) electrons. The van der Waals surface area contributed by atoms with Gasteiger partial charge in [-0.15, -0.1) is 6.42 Å². The van der Waals surface area contributed by atoms with E-state index in [1.165, 1.54) is 6.07 Å². The topological polar surface area (TPSA) is 33.1 Å². The molecule has 0 spiro atoms. The van der Waals surface area contributed by atoms with Crippen molar-refractivity contribution in [2.45, 2.75) is 19.4 Å². The van der Waals surface area contributed by atoms with Gasteiger partial charge in [0.15, 0.2) is 0 Å². The quantitative estimate of drug-likeness (QED) is 0.745. The number of pyridine rings is 1. The molecular formula is C20H16FNO. The van der Waals surface area contributed by atoms with E-state index in [2.05, 4.69) is 10.9 Å². The van der Waals surface area contributed by atoms with Gasteiger partial charge in [0.1, 0.15) is 11.9 Å². The largest absolute Gasteiger partial charge is 0.380 e. The second-order valence-corrected chi connectivity index (χ2v) is 5.61. The maximum Gasteiger partial charge on any atom is 0.131 e. The normalized spacial score (nSPS) is 12.1. The van der Waals surface area contributed by atoms with Crippen molar-refractivity contribution >= 4 is 10.8 Å². The van der Waals surface area contributed by atoms with Crippen LogP contribution in [0.1, 0.15) is 11.3 Å². The van der Waals surface area contributed by atoms with Gasteiger partial charge in [0.25, 0.3) is 0 Å². The predicted octanol–water partition coefficient (Wildman–Crippen LogP) is 3.89. The van der Waals surface area contributed by atoms with Gasteiger partial charge in [-0.3, -0.25) is 4.98 Å². The number of aryl methyl sites for hydroxylation is 1. The highest BCUT2D eigenvalue weighted by molar-refractivity contribution is 5.87. The second-order valence-electron chi connectivity index (χ2n) is 5.61. The Hall–Kier alpha value is -2.70. The van der Waals surface area contributed by atoms with Crippen LogP contribution in [-0.4, -0.2) is 16.2 Å². The number of rotatable bonds is 3. The molecule has 1 N–H and O–H groups in total. The second kappa shape index (κ2) is 6.20. The zero-order chi connectivity index (χ0) is 16.4. The van der Waals surface area contributed by atoms with E-state index < -0.39 is 6.10 Å². The van der Waals surface area contributed by atoms with Crippen LogP contribution < -0.4 is 0 Å². The molecule has 1 aromatic heterocycles. The van der Waals surface area contributed by atoms with Crippen molar-refractivity contribution in [3.8, 4) is 23.5 Å². The summed E-state index contributed by atoms with van der Waals surface area (Å²) in [5, 5.41) is 11.4. The first kappa shape index (κ1) is 15.2. The molecule has 23 heavy (non-hydrogen) atoms. The lowest BCUT2D eigenvalue weighted by atomic mass is 10.00. The van der Waals surface area contributed by atoms with Crippen molar-refractivity contribution < 1.29 is 9.50 Å². The summed E-state index contributed by atoms with van der Waals surface area (Å²) < 4.78 is 14.1. The Bertz CT molecular complexity index is 911. The highest BCUT2D eigenvalue weighted by Crippen LogP contribution is 2.27. The summed E-state index contributed by atoms with van der Waals surface area (Å²) in [6, 6.07) is 12.8. The van der Waals surface area contributed by atoms with Crippen molar-refractivity contribution in [1.29, 1.82) is 0 Å². The Morgan fingerprint density at radius 3 is 2.74 bits per heavy atom. The number of benzene rings is 2. The van der Waals surface area contributed by atoms with Gasteiger partial charge in [0, 0.05) is 29.3 Å². The third kappa shape index (κ3) is 3.23. The molecule has 3 aromatic rings. The SMILES string of the molecule is C#CC(O)Cc1cc2ccc(-c3ccc(C)cc3F)cc2cn1. The van der Waals surface area contributed by atoms with Crippen LogP contribution in [0.5, 0.6) is 0 Å². The van der Waals surface area contributed by atoms with Crippen LogP contribution in [0.25, 0.3) is 21.9 Å². The smallest absolute Gasteiger partial charge is 0.131 e. The maximum absolute atomic E-state index is 14.1. The molecule has 0 saturated heterocycles. The zero-order valence-electron chi connectivity index (χ0n) is 12.8. The molecule has 3 rings (SSSR count). The van der Waals surface area contributed by atoms with Gasteiger partial charge in [0.05, 0.1) is 0 Å². The lowest BCUT2D eigenvalue weighted by Crippen LogP contribution is -2.07. The van der Waals surface area contributed by atoms with E-state index in [9.17, 15) is 9.50 Å². The van der Waals surface area contributed by atoms with E-state index in [0.717, 1.165) is 27.6 Å². The molecule has 0 saturated carbocycles. The monoisotopic (exact) mass is 305 g/mol. The molecular weight excluding hydrogens is 289 g/mol. The minimum Gasteiger partial charge on any atom is -0.380 e. The number of nitrogens with zero attached hydrogens (tertiary/aromatic N) is 1. The van der Waals surface area contributed by atoms with Crippen LogP contribution in [0, 0.1) is 25.1 Å². The van der Waals surface area contributed by atoms with Crippen molar-refractivity contribution in [3.05, 3.63) is 65.7 Å². The molecule has 2 nitrogen and oxygen atoms in total. The van der Waals surface area contributed by atoms with E-state index in [1.54, 1.807) is 12.3 Å². The minimum atomic E-state index is -0.833. The molecule has 0 aliphatic heterocycles. The first-order valence-electron chi connectivity index (χ1n) is 7.36. The van der Waals surface area contributed by atoms with Gasteiger partial charge in [-0.05, 0) is 41.6 Å². The van der Waals surface area contributed by atoms with Gasteiger partial charge in [-0.25, -0.2) is 4.39 Å². The summed E-state index contributed by atoms with van der Waals surface area (Å²) in [6.45, 7) is 1.86. The predicted molar refractivity (Wildman–Crippen MR) is 90.4 cm³/mol. The highest BCUT2D eigenvalue weighted by Gasteiger charge is 2.08. The zero-order valence-corrected chi connectivity index (χ0v) is 12.8. The molecule has 1 heterocycles. The standard InChI is InChI=1S/C20H16FNO/c1-3-18(23)11-17-10-14-5-6-15(9-16(14)12-22-17)19-7-4-13(2)8-20(19)21/h1,4-10,12,18,23H,11H2,2H3. The Morgan fingerprint density at radius 1 is 1.17 bits per heavy atom. The summed E-state index contributed by atoms with van der Waals surface area (Å²) in [5.74, 6) is 2.05. The van der Waals surface area contributed by atoms with Crippen LogP contribution in [0.4, 0.5) is 4.39 Å². The molecule has 0 bridgehead atoms. The number of terminal acetylenes is 1. The Labute approximate surface area is 134 Å². The molecule has 1 unspecified atom stereocenters. The third-order valence-electron chi connectivity index (χ3n) is 3.81. The van der Waals surface area contributed by atoms with Crippen molar-refractivity contribution in [2.75, 3.05) is 0 Å². The molecule has 1 atom stereocenters. The molecule has 0 aliphatic rings. The van der Waals surface area contributed by atoms with E-state index in [4.69, 9.17) is 6.42 Å². The number of hydrogen-bond donors (Lipinski definition) is 1. The van der Waals surface area contributed by atoms with Crippen LogP contribution >= 0.6 is 0 Å². The molecule has 0 fully saturated rings. The first-order chi connectivity index (χ1) is 11.1. The number of halogens is 1. The summed E-state index contributed by atoms with van der Waals surface area (Å²) in [7, 11) is 0. The van der Waals surface area contributed by atoms with Crippen LogP contribution in [0.15, 0.2) is 48.7 Å². The first-order valence-corrected chi connectivity index (χ1v) is 7.36. The van der Waals surface area contributed by atoms with Crippen LogP contribution in [0.3, 0.4) is 0 Å². The minimum absolute atomic E-state index is 0.230. The van der Waals surface area contributed by atoms with Crippen molar-refractivity contribution in [3.63, 3.8) is 0 Å². The van der Waals surface area contributed by atoms with E-state index in [-0.39, 0.29) is 5.82 Å². The van der Waals surface area contributed by atoms with Gasteiger partial charge < -0.3 is 5.11 Å². The van der Waals surface area contributed by atoms with E-state index in [1.807, 2.05) is 37.3 Å². The highest BCUT2D eigenvalue weighted by atomic mass is 19.1. The van der Waals surface area contributed by atoms with Gasteiger partial charge in [-0.1, -0.05) is 30.2 Å². The fourth-order valence-corrected chi connectivity index (χ4v) is 2.58. The lowest BCUT2D eigenvalue weighted by Gasteiger charge is -2.08. The van der Waals surface area contributed by atoms with Gasteiger partial charge in [-0.2, -0.15) is 0 Å². The van der Waals surface area contributed by atoms with E-state index >= 15 is 0 Å². The molecule has 3 heteroatoms. The van der Waals surface area contributed by atoms with Gasteiger partial charge >= 0.3 is 0 Å². The number of aliphatic hydroxyl groups excluding tert-OH is 1. The third-order valence-corrected chi connectivity index (χ3v) is 3.81. The van der Waals surface area contributed by atoms with Gasteiger partial charge in [0.2, 0.25) is 0 Å². The summed E-state index contributed by atoms with van der Waals surface area (Å²) >= 11 is 0. The average Bonchev–Trinajstić information content (AvgIpc) is 2.54. The Kier molecular flexibility index (Phi) is 4.10. The maximum atomic E-state index is 14.1. The van der Waals surface area contributed by atoms with E-state index in [0.29, 0.717) is 12.0 Å². The Balaban J connectivity index is 2.00. The molecule has 0 aliphatic carbocycles. The molecule has 2 aromatic carbocycles. The fraction of sp³-hybridized carbons (Fsp3) is 0.150. The molecule has 114 valence electrons. The van der Waals surface area contributed by atoms with Crippen molar-refractivity contribution in [2.24, 2.45) is 0 Å². The number of aliphatic hydroxyl groups is 1. The lowest BCUT2D eigenvalue weighted by molar-refractivity contribution is 0.232. The summed E-state index contributed by atoms with van der Waals surface area (Å²) in [6.07, 6.45) is 6.39. The number of aromatic nitrogens is 1. The van der Waals surface area contributed by atoms with Crippen molar-refractivity contribution in [1.82, 2.24) is 4.98 Å². The summed E-state index contributed by atoms with van der Waals surface area (Å²) in [5.41, 5.74) is 3.01. The van der Waals surface area contributed by atoms with Crippen LogP contribution in [-0.2, 0) is 6.42 Å². The average molecular weight is 305 g/mol.